The highest BCUT2D eigenvalue weighted by Crippen LogP contribution is 2.28. The molecule has 56 valence electrons. The maximum absolute atomic E-state index is 8.93. The third-order valence-electron chi connectivity index (χ3n) is 1.80. The molecule has 0 aromatic heterocycles. The van der Waals surface area contributed by atoms with Crippen LogP contribution in [0.2, 0.25) is 0 Å². The molecular formula is C9H8OS. The Balaban J connectivity index is 2.64. The van der Waals surface area contributed by atoms with Crippen LogP contribution in [0.5, 0.6) is 0 Å². The van der Waals surface area contributed by atoms with E-state index in [1.54, 1.807) is 11.3 Å². The highest BCUT2D eigenvalue weighted by atomic mass is 32.1. The van der Waals surface area contributed by atoms with Crippen LogP contribution in [-0.2, 0) is 6.61 Å². The number of hydrogen-bond acceptors (Lipinski definition) is 2. The fourth-order valence-electron chi connectivity index (χ4n) is 1.20. The minimum Gasteiger partial charge on any atom is -0.392 e. The molecule has 2 aliphatic rings. The molecule has 0 bridgehead atoms. The second-order valence-electron chi connectivity index (χ2n) is 2.44. The molecule has 0 saturated heterocycles. The first-order valence-corrected chi connectivity index (χ1v) is 4.41. The average Bonchev–Trinajstić information content (AvgIpc) is 2.47. The summed E-state index contributed by atoms with van der Waals surface area (Å²) in [5.41, 5.74) is 3.42. The highest BCUT2D eigenvalue weighted by Gasteiger charge is 2.06. The van der Waals surface area contributed by atoms with Crippen molar-refractivity contribution in [2.24, 2.45) is 0 Å². The Labute approximate surface area is 69.3 Å². The molecule has 1 aliphatic heterocycles. The SMILES string of the molecule is OCc1ccc2ccscc1-2. The molecule has 0 aromatic rings. The molecular weight excluding hydrogens is 156 g/mol. The molecule has 0 aromatic carbocycles. The molecule has 0 spiro atoms. The molecule has 2 rings (SSSR count). The van der Waals surface area contributed by atoms with Crippen LogP contribution < -0.4 is 0 Å². The van der Waals surface area contributed by atoms with E-state index < -0.39 is 0 Å². The molecule has 1 heterocycles. The maximum atomic E-state index is 8.93. The van der Waals surface area contributed by atoms with Crippen molar-refractivity contribution in [3.63, 3.8) is 0 Å². The van der Waals surface area contributed by atoms with Crippen molar-refractivity contribution in [3.8, 4) is 11.1 Å². The van der Waals surface area contributed by atoms with Crippen LogP contribution in [-0.4, -0.2) is 5.11 Å². The summed E-state index contributed by atoms with van der Waals surface area (Å²) in [7, 11) is 0. The van der Waals surface area contributed by atoms with Gasteiger partial charge in [0.05, 0.1) is 6.61 Å². The minimum absolute atomic E-state index is 0.139. The topological polar surface area (TPSA) is 20.2 Å². The van der Waals surface area contributed by atoms with Crippen molar-refractivity contribution in [1.29, 1.82) is 0 Å². The lowest BCUT2D eigenvalue weighted by Gasteiger charge is -1.98. The number of aliphatic hydroxyl groups is 1. The predicted octanol–water partition coefficient (Wildman–Crippen LogP) is 2.35. The lowest BCUT2D eigenvalue weighted by Crippen LogP contribution is -1.80. The third-order valence-corrected chi connectivity index (χ3v) is 2.47. The van der Waals surface area contributed by atoms with Gasteiger partial charge in [-0.25, -0.2) is 0 Å². The van der Waals surface area contributed by atoms with Crippen molar-refractivity contribution in [2.45, 2.75) is 6.61 Å². The fraction of sp³-hybridized carbons (Fsp3) is 0.111. The van der Waals surface area contributed by atoms with Gasteiger partial charge in [-0.1, -0.05) is 12.1 Å². The Morgan fingerprint density at radius 3 is 3.00 bits per heavy atom. The zero-order valence-corrected chi connectivity index (χ0v) is 6.77. The third kappa shape index (κ3) is 1.04. The van der Waals surface area contributed by atoms with Crippen molar-refractivity contribution in [3.05, 3.63) is 34.5 Å². The van der Waals surface area contributed by atoms with E-state index in [0.717, 1.165) is 5.56 Å². The molecule has 0 amide bonds. The lowest BCUT2D eigenvalue weighted by molar-refractivity contribution is 0.283. The normalized spacial score (nSPS) is 10.6. The van der Waals surface area contributed by atoms with Gasteiger partial charge in [-0.15, -0.1) is 0 Å². The summed E-state index contributed by atoms with van der Waals surface area (Å²) in [5, 5.41) is 13.0. The van der Waals surface area contributed by atoms with E-state index in [9.17, 15) is 0 Å². The van der Waals surface area contributed by atoms with E-state index >= 15 is 0 Å². The van der Waals surface area contributed by atoms with Crippen LogP contribution in [0, 0.1) is 0 Å². The predicted molar refractivity (Wildman–Crippen MR) is 46.9 cm³/mol. The van der Waals surface area contributed by atoms with E-state index in [0.29, 0.717) is 0 Å². The Morgan fingerprint density at radius 1 is 1.27 bits per heavy atom. The summed E-state index contributed by atoms with van der Waals surface area (Å²) in [5.74, 6) is 0. The van der Waals surface area contributed by atoms with E-state index in [4.69, 9.17) is 5.11 Å². The van der Waals surface area contributed by atoms with Crippen LogP contribution in [0.3, 0.4) is 0 Å². The average molecular weight is 164 g/mol. The van der Waals surface area contributed by atoms with Gasteiger partial charge in [0.25, 0.3) is 0 Å². The fourth-order valence-corrected chi connectivity index (χ4v) is 1.93. The van der Waals surface area contributed by atoms with E-state index in [1.807, 2.05) is 17.5 Å². The standard InChI is InChI=1S/C9H8OS/c10-5-8-2-1-7-3-4-11-6-9(7)8/h1-4,6,10H,5H2. The van der Waals surface area contributed by atoms with E-state index in [-0.39, 0.29) is 6.61 Å². The first-order chi connectivity index (χ1) is 5.42. The molecule has 0 saturated carbocycles. The second-order valence-corrected chi connectivity index (χ2v) is 3.22. The Kier molecular flexibility index (Phi) is 1.64. The van der Waals surface area contributed by atoms with Gasteiger partial charge >= 0.3 is 0 Å². The largest absolute Gasteiger partial charge is 0.392 e. The number of fused-ring (bicyclic) bond motifs is 1. The zero-order chi connectivity index (χ0) is 7.68. The van der Waals surface area contributed by atoms with E-state index in [2.05, 4.69) is 11.4 Å². The Bertz CT molecular complexity index is 326. The molecule has 1 N–H and O–H groups in total. The van der Waals surface area contributed by atoms with Gasteiger partial charge < -0.3 is 5.11 Å². The van der Waals surface area contributed by atoms with Crippen LogP contribution in [0.25, 0.3) is 11.1 Å². The molecule has 0 atom stereocenters. The summed E-state index contributed by atoms with van der Waals surface area (Å²) < 4.78 is 0. The smallest absolute Gasteiger partial charge is 0.0688 e. The van der Waals surface area contributed by atoms with Crippen LogP contribution in [0.15, 0.2) is 29.0 Å². The number of aliphatic hydroxyl groups excluding tert-OH is 1. The van der Waals surface area contributed by atoms with Crippen molar-refractivity contribution in [1.82, 2.24) is 0 Å². The molecule has 11 heavy (non-hydrogen) atoms. The number of hydrogen-bond donors (Lipinski definition) is 1. The Hall–Kier alpha value is -0.860. The monoisotopic (exact) mass is 164 g/mol. The lowest BCUT2D eigenvalue weighted by atomic mass is 10.1. The highest BCUT2D eigenvalue weighted by molar-refractivity contribution is 7.07. The van der Waals surface area contributed by atoms with Crippen molar-refractivity contribution < 1.29 is 5.11 Å². The quantitative estimate of drug-likeness (QED) is 0.686. The van der Waals surface area contributed by atoms with E-state index in [1.165, 1.54) is 11.1 Å². The Morgan fingerprint density at radius 2 is 2.18 bits per heavy atom. The molecule has 0 unspecified atom stereocenters. The molecule has 1 nitrogen and oxygen atoms in total. The maximum Gasteiger partial charge on any atom is 0.0688 e. The number of rotatable bonds is 1. The molecule has 1 aliphatic carbocycles. The first kappa shape index (κ1) is 6.83. The zero-order valence-electron chi connectivity index (χ0n) is 5.95. The summed E-state index contributed by atoms with van der Waals surface area (Å²) in [6.45, 7) is 0.139. The van der Waals surface area contributed by atoms with Crippen molar-refractivity contribution in [2.75, 3.05) is 0 Å². The van der Waals surface area contributed by atoms with Gasteiger partial charge in [0.15, 0.2) is 0 Å². The summed E-state index contributed by atoms with van der Waals surface area (Å²) >= 11 is 1.66. The molecule has 0 fully saturated rings. The van der Waals surface area contributed by atoms with Crippen molar-refractivity contribution >= 4 is 11.3 Å². The molecule has 0 radical (unpaired) electrons. The van der Waals surface area contributed by atoms with Gasteiger partial charge in [0.2, 0.25) is 0 Å². The van der Waals surface area contributed by atoms with Gasteiger partial charge in [0, 0.05) is 0 Å². The van der Waals surface area contributed by atoms with Gasteiger partial charge in [0.1, 0.15) is 0 Å². The minimum atomic E-state index is 0.139. The van der Waals surface area contributed by atoms with Crippen LogP contribution >= 0.6 is 11.3 Å². The second kappa shape index (κ2) is 2.64. The van der Waals surface area contributed by atoms with Gasteiger partial charge in [-0.05, 0) is 33.5 Å². The van der Waals surface area contributed by atoms with Crippen LogP contribution in [0.4, 0.5) is 0 Å². The summed E-state index contributed by atoms with van der Waals surface area (Å²) in [6, 6.07) is 6.07. The van der Waals surface area contributed by atoms with Gasteiger partial charge in [-0.3, -0.25) is 0 Å². The van der Waals surface area contributed by atoms with Crippen LogP contribution in [0.1, 0.15) is 5.56 Å². The summed E-state index contributed by atoms with van der Waals surface area (Å²) in [6.07, 6.45) is 0. The first-order valence-electron chi connectivity index (χ1n) is 3.46. The summed E-state index contributed by atoms with van der Waals surface area (Å²) in [4.78, 5) is 0. The molecule has 2 heteroatoms. The van der Waals surface area contributed by atoms with Gasteiger partial charge in [-0.2, -0.15) is 11.3 Å².